The zero-order valence-electron chi connectivity index (χ0n) is 12.5. The Morgan fingerprint density at radius 3 is 2.50 bits per heavy atom. The van der Waals surface area contributed by atoms with Crippen molar-refractivity contribution in [1.82, 2.24) is 20.4 Å². The Balaban J connectivity index is 1.84. The van der Waals surface area contributed by atoms with Crippen LogP contribution in [0.4, 0.5) is 13.2 Å². The number of likely N-dealkylation sites (tertiary alicyclic amines) is 1. The van der Waals surface area contributed by atoms with Gasteiger partial charge in [-0.05, 0) is 39.8 Å². The maximum Gasteiger partial charge on any atom is 0.470 e. The topological polar surface area (TPSA) is 71.3 Å². The minimum absolute atomic E-state index is 0.0265. The summed E-state index contributed by atoms with van der Waals surface area (Å²) in [5.41, 5.74) is 0. The molecule has 0 unspecified atom stereocenters. The Kier molecular flexibility index (Phi) is 5.05. The van der Waals surface area contributed by atoms with Crippen LogP contribution in [0, 0.1) is 0 Å². The zero-order chi connectivity index (χ0) is 16.3. The van der Waals surface area contributed by atoms with E-state index >= 15 is 0 Å². The first-order chi connectivity index (χ1) is 10.3. The van der Waals surface area contributed by atoms with Crippen molar-refractivity contribution in [2.45, 2.75) is 44.8 Å². The third kappa shape index (κ3) is 4.43. The number of rotatable bonds is 4. The highest BCUT2D eigenvalue weighted by Crippen LogP contribution is 2.32. The number of hydrogen-bond donors (Lipinski definition) is 1. The molecule has 6 nitrogen and oxygen atoms in total. The molecule has 0 saturated carbocycles. The predicted octanol–water partition coefficient (Wildman–Crippen LogP) is 1.79. The van der Waals surface area contributed by atoms with Crippen LogP contribution in [-0.4, -0.2) is 46.7 Å². The molecule has 0 aromatic carbocycles. The van der Waals surface area contributed by atoms with E-state index in [1.54, 1.807) is 0 Å². The second-order valence-corrected chi connectivity index (χ2v) is 5.72. The molecule has 0 bridgehead atoms. The number of hydrogen-bond acceptors (Lipinski definition) is 5. The van der Waals surface area contributed by atoms with Crippen molar-refractivity contribution in [2.75, 3.05) is 19.6 Å². The lowest BCUT2D eigenvalue weighted by Gasteiger charge is -2.29. The first kappa shape index (κ1) is 16.7. The molecule has 1 aromatic rings. The number of piperidine rings is 1. The van der Waals surface area contributed by atoms with Crippen LogP contribution in [0.2, 0.25) is 0 Å². The highest BCUT2D eigenvalue weighted by atomic mass is 19.4. The van der Waals surface area contributed by atoms with Crippen molar-refractivity contribution in [3.8, 4) is 0 Å². The van der Waals surface area contributed by atoms with Gasteiger partial charge in [-0.3, -0.25) is 9.69 Å². The van der Waals surface area contributed by atoms with Crippen LogP contribution in [-0.2, 0) is 11.0 Å². The minimum Gasteiger partial charge on any atom is -0.417 e. The van der Waals surface area contributed by atoms with Gasteiger partial charge in [0, 0.05) is 12.0 Å². The molecular weight excluding hydrogens is 301 g/mol. The summed E-state index contributed by atoms with van der Waals surface area (Å²) < 4.78 is 42.0. The Hall–Kier alpha value is -1.64. The normalized spacial score (nSPS) is 17.9. The van der Waals surface area contributed by atoms with Crippen LogP contribution in [0.1, 0.15) is 44.4 Å². The van der Waals surface area contributed by atoms with Gasteiger partial charge in [0.2, 0.25) is 11.8 Å². The monoisotopic (exact) mass is 320 g/mol. The summed E-state index contributed by atoms with van der Waals surface area (Å²) in [6.07, 6.45) is -3.43. The van der Waals surface area contributed by atoms with Gasteiger partial charge in [0.25, 0.3) is 0 Å². The van der Waals surface area contributed by atoms with E-state index in [9.17, 15) is 18.0 Å². The molecule has 0 aliphatic carbocycles. The van der Waals surface area contributed by atoms with E-state index in [1.165, 1.54) is 0 Å². The molecule has 1 aliphatic heterocycles. The van der Waals surface area contributed by atoms with E-state index in [1.807, 2.05) is 18.7 Å². The van der Waals surface area contributed by atoms with Gasteiger partial charge >= 0.3 is 12.1 Å². The fraction of sp³-hybridized carbons (Fsp3) is 0.769. The Labute approximate surface area is 126 Å². The molecule has 0 spiro atoms. The van der Waals surface area contributed by atoms with Gasteiger partial charge in [0.15, 0.2) is 0 Å². The summed E-state index contributed by atoms with van der Waals surface area (Å²) in [6.45, 7) is 5.29. The molecule has 1 saturated heterocycles. The molecule has 22 heavy (non-hydrogen) atoms. The van der Waals surface area contributed by atoms with Gasteiger partial charge in [-0.25, -0.2) is 0 Å². The first-order valence-electron chi connectivity index (χ1n) is 7.18. The number of aromatic nitrogens is 2. The largest absolute Gasteiger partial charge is 0.470 e. The van der Waals surface area contributed by atoms with E-state index in [-0.39, 0.29) is 23.8 Å². The fourth-order valence-electron chi connectivity index (χ4n) is 2.42. The molecule has 124 valence electrons. The zero-order valence-corrected chi connectivity index (χ0v) is 12.5. The van der Waals surface area contributed by atoms with E-state index < -0.39 is 12.1 Å². The summed E-state index contributed by atoms with van der Waals surface area (Å²) in [4.78, 5) is 13.6. The van der Waals surface area contributed by atoms with Gasteiger partial charge in [-0.2, -0.15) is 13.2 Å². The second-order valence-electron chi connectivity index (χ2n) is 5.72. The molecule has 9 heteroatoms. The summed E-state index contributed by atoms with van der Waals surface area (Å²) >= 11 is 0. The number of halogens is 3. The second kappa shape index (κ2) is 6.64. The van der Waals surface area contributed by atoms with E-state index in [4.69, 9.17) is 4.42 Å². The maximum atomic E-state index is 12.4. The molecule has 2 heterocycles. The number of amides is 1. The average molecular weight is 320 g/mol. The van der Waals surface area contributed by atoms with Gasteiger partial charge in [0.1, 0.15) is 0 Å². The fourth-order valence-corrected chi connectivity index (χ4v) is 2.42. The average Bonchev–Trinajstić information content (AvgIpc) is 2.88. The summed E-state index contributed by atoms with van der Waals surface area (Å²) in [5, 5.41) is 9.35. The lowest BCUT2D eigenvalue weighted by atomic mass is 9.97. The molecule has 1 N–H and O–H groups in total. The van der Waals surface area contributed by atoms with Gasteiger partial charge in [-0.15, -0.1) is 10.2 Å². The quantitative estimate of drug-likeness (QED) is 0.916. The molecule has 1 amide bonds. The molecule has 2 rings (SSSR count). The van der Waals surface area contributed by atoms with E-state index in [0.717, 1.165) is 0 Å². The van der Waals surface area contributed by atoms with Crippen molar-refractivity contribution in [3.05, 3.63) is 11.8 Å². The minimum atomic E-state index is -4.61. The van der Waals surface area contributed by atoms with Crippen LogP contribution < -0.4 is 5.32 Å². The van der Waals surface area contributed by atoms with Gasteiger partial charge in [-0.1, -0.05) is 0 Å². The van der Waals surface area contributed by atoms with Crippen LogP contribution in [0.15, 0.2) is 4.42 Å². The smallest absolute Gasteiger partial charge is 0.417 e. The lowest BCUT2D eigenvalue weighted by Crippen LogP contribution is -2.43. The summed E-state index contributed by atoms with van der Waals surface area (Å²) in [7, 11) is 0. The molecule has 1 aromatic heterocycles. The Morgan fingerprint density at radius 1 is 1.36 bits per heavy atom. The van der Waals surface area contributed by atoms with Gasteiger partial charge in [0.05, 0.1) is 6.54 Å². The highest BCUT2D eigenvalue weighted by molar-refractivity contribution is 5.78. The SMILES string of the molecule is CC(C)NC(=O)CN1CCC(c2nnc(C(F)(F)F)o2)CC1. The Bertz CT molecular complexity index is 508. The third-order valence-corrected chi connectivity index (χ3v) is 3.44. The van der Waals surface area contributed by atoms with E-state index in [2.05, 4.69) is 15.5 Å². The Morgan fingerprint density at radius 2 is 2.00 bits per heavy atom. The van der Waals surface area contributed by atoms with Crippen LogP contribution >= 0.6 is 0 Å². The van der Waals surface area contributed by atoms with Crippen molar-refractivity contribution in [3.63, 3.8) is 0 Å². The number of carbonyl (C=O) groups excluding carboxylic acids is 1. The van der Waals surface area contributed by atoms with Crippen molar-refractivity contribution in [2.24, 2.45) is 0 Å². The lowest BCUT2D eigenvalue weighted by molar-refractivity contribution is -0.157. The predicted molar refractivity (Wildman–Crippen MR) is 71.0 cm³/mol. The highest BCUT2D eigenvalue weighted by Gasteiger charge is 2.39. The molecule has 0 radical (unpaired) electrons. The van der Waals surface area contributed by atoms with Crippen molar-refractivity contribution < 1.29 is 22.4 Å². The number of nitrogens with one attached hydrogen (secondary N) is 1. The van der Waals surface area contributed by atoms with Crippen LogP contribution in [0.3, 0.4) is 0 Å². The summed E-state index contributed by atoms with van der Waals surface area (Å²) in [5.74, 6) is -1.52. The number of alkyl halides is 3. The number of nitrogens with zero attached hydrogens (tertiary/aromatic N) is 3. The summed E-state index contributed by atoms with van der Waals surface area (Å²) in [6, 6.07) is 0.0872. The van der Waals surface area contributed by atoms with Crippen molar-refractivity contribution >= 4 is 5.91 Å². The maximum absolute atomic E-state index is 12.4. The van der Waals surface area contributed by atoms with Crippen LogP contribution in [0.25, 0.3) is 0 Å². The van der Waals surface area contributed by atoms with Crippen LogP contribution in [0.5, 0.6) is 0 Å². The molecule has 1 aliphatic rings. The molecular formula is C13H19F3N4O2. The van der Waals surface area contributed by atoms with Crippen molar-refractivity contribution in [1.29, 1.82) is 0 Å². The number of carbonyl (C=O) groups is 1. The first-order valence-corrected chi connectivity index (χ1v) is 7.18. The third-order valence-electron chi connectivity index (χ3n) is 3.44. The van der Waals surface area contributed by atoms with E-state index in [0.29, 0.717) is 32.5 Å². The standard InChI is InChI=1S/C13H19F3N4O2/c1-8(2)17-10(21)7-20-5-3-9(4-6-20)11-18-19-12(22-11)13(14,15)16/h8-9H,3-7H2,1-2H3,(H,17,21). The van der Waals surface area contributed by atoms with Gasteiger partial charge < -0.3 is 9.73 Å². The molecule has 1 fully saturated rings. The molecule has 0 atom stereocenters.